The van der Waals surface area contributed by atoms with Crippen LogP contribution >= 0.6 is 11.6 Å². The normalized spacial score (nSPS) is 16.2. The minimum Gasteiger partial charge on any atom is -0.384 e. The average molecular weight is 568 g/mol. The van der Waals surface area contributed by atoms with Crippen molar-refractivity contribution in [2.24, 2.45) is 0 Å². The summed E-state index contributed by atoms with van der Waals surface area (Å²) >= 11 is 6.15. The second-order valence-corrected chi connectivity index (χ2v) is 10.2. The SMILES string of the molecule is C=CC(=O)N1CC(N2CCn3nc(-c4ccc5c(Cl)cnn5c4)c(C)c3C2)C1.COCC(O)c1ccc(F)cn1. The summed E-state index contributed by atoms with van der Waals surface area (Å²) in [5, 5.41) is 19.1. The maximum absolute atomic E-state index is 12.4. The zero-order chi connectivity index (χ0) is 28.4. The number of carbonyl (C=O) groups excluding carboxylic acids is 1. The Balaban J connectivity index is 0.000000227. The van der Waals surface area contributed by atoms with Gasteiger partial charge in [0.05, 0.1) is 53.2 Å². The van der Waals surface area contributed by atoms with Crippen molar-refractivity contribution in [3.8, 4) is 11.3 Å². The zero-order valence-corrected chi connectivity index (χ0v) is 23.1. The van der Waals surface area contributed by atoms with Crippen LogP contribution in [-0.4, -0.2) is 84.6 Å². The van der Waals surface area contributed by atoms with Gasteiger partial charge in [0.15, 0.2) is 0 Å². The molecule has 0 aliphatic carbocycles. The van der Waals surface area contributed by atoms with Gasteiger partial charge in [0.1, 0.15) is 11.9 Å². The molecule has 10 nitrogen and oxygen atoms in total. The lowest BCUT2D eigenvalue weighted by atomic mass is 10.0. The summed E-state index contributed by atoms with van der Waals surface area (Å²) in [6, 6.07) is 7.12. The lowest BCUT2D eigenvalue weighted by Gasteiger charge is -2.46. The molecular weight excluding hydrogens is 537 g/mol. The van der Waals surface area contributed by atoms with Gasteiger partial charge in [0, 0.05) is 51.1 Å². The number of pyridine rings is 2. The molecule has 210 valence electrons. The molecule has 1 unspecified atom stereocenters. The van der Waals surface area contributed by atoms with Crippen molar-refractivity contribution >= 4 is 23.0 Å². The first-order valence-electron chi connectivity index (χ1n) is 12.9. The van der Waals surface area contributed by atoms with Gasteiger partial charge in [-0.25, -0.2) is 8.91 Å². The lowest BCUT2D eigenvalue weighted by molar-refractivity contribution is -0.133. The van der Waals surface area contributed by atoms with Crippen LogP contribution in [0, 0.1) is 12.7 Å². The number of amides is 1. The molecule has 6 rings (SSSR count). The maximum atomic E-state index is 12.4. The van der Waals surface area contributed by atoms with Crippen molar-refractivity contribution in [3.05, 3.63) is 83.3 Å². The molecule has 1 fully saturated rings. The summed E-state index contributed by atoms with van der Waals surface area (Å²) in [5.41, 5.74) is 5.76. The third kappa shape index (κ3) is 5.64. The molecule has 40 heavy (non-hydrogen) atoms. The Labute approximate surface area is 236 Å². The fourth-order valence-corrected chi connectivity index (χ4v) is 5.16. The van der Waals surface area contributed by atoms with E-state index in [4.69, 9.17) is 21.4 Å². The van der Waals surface area contributed by atoms with E-state index >= 15 is 0 Å². The smallest absolute Gasteiger partial charge is 0.246 e. The fourth-order valence-electron chi connectivity index (χ4n) is 4.97. The summed E-state index contributed by atoms with van der Waals surface area (Å²) in [7, 11) is 1.48. The van der Waals surface area contributed by atoms with Crippen molar-refractivity contribution in [1.29, 1.82) is 0 Å². The number of nitrogens with zero attached hydrogens (tertiary/aromatic N) is 7. The molecule has 0 aromatic carbocycles. The number of hydrogen-bond donors (Lipinski definition) is 1. The van der Waals surface area contributed by atoms with Crippen LogP contribution in [-0.2, 0) is 22.6 Å². The second kappa shape index (κ2) is 11.8. The summed E-state index contributed by atoms with van der Waals surface area (Å²) in [4.78, 5) is 19.7. The summed E-state index contributed by atoms with van der Waals surface area (Å²) in [5.74, 6) is -0.394. The molecule has 1 N–H and O–H groups in total. The summed E-state index contributed by atoms with van der Waals surface area (Å²) in [6.07, 6.45) is 5.30. The van der Waals surface area contributed by atoms with Gasteiger partial charge in [0.25, 0.3) is 0 Å². The van der Waals surface area contributed by atoms with E-state index in [0.29, 0.717) is 16.8 Å². The molecular formula is C28H31ClFN7O3. The number of methoxy groups -OCH3 is 1. The molecule has 1 saturated heterocycles. The van der Waals surface area contributed by atoms with Gasteiger partial charge in [-0.05, 0) is 42.8 Å². The maximum Gasteiger partial charge on any atom is 0.246 e. The van der Waals surface area contributed by atoms with Crippen LogP contribution in [0.15, 0.2) is 55.5 Å². The number of carbonyl (C=O) groups is 1. The Morgan fingerprint density at radius 3 is 2.77 bits per heavy atom. The largest absolute Gasteiger partial charge is 0.384 e. The molecule has 0 bridgehead atoms. The van der Waals surface area contributed by atoms with Crippen molar-refractivity contribution < 1.29 is 19.0 Å². The van der Waals surface area contributed by atoms with E-state index in [9.17, 15) is 14.3 Å². The fraction of sp³-hybridized carbons (Fsp3) is 0.357. The van der Waals surface area contributed by atoms with Gasteiger partial charge in [-0.15, -0.1) is 0 Å². The molecule has 1 amide bonds. The number of fused-ring (bicyclic) bond motifs is 2. The first-order chi connectivity index (χ1) is 19.3. The van der Waals surface area contributed by atoms with Gasteiger partial charge in [0.2, 0.25) is 5.91 Å². The van der Waals surface area contributed by atoms with Crippen molar-refractivity contribution in [1.82, 2.24) is 34.2 Å². The highest BCUT2D eigenvalue weighted by molar-refractivity contribution is 6.33. The zero-order valence-electron chi connectivity index (χ0n) is 22.4. The van der Waals surface area contributed by atoms with Crippen LogP contribution in [0.25, 0.3) is 16.8 Å². The van der Waals surface area contributed by atoms with Gasteiger partial charge < -0.3 is 14.7 Å². The van der Waals surface area contributed by atoms with E-state index in [-0.39, 0.29) is 12.5 Å². The number of aromatic nitrogens is 5. The monoisotopic (exact) mass is 567 g/mol. The first-order valence-corrected chi connectivity index (χ1v) is 13.3. The average Bonchev–Trinajstić information content (AvgIpc) is 3.47. The molecule has 0 saturated carbocycles. The number of ether oxygens (including phenoxy) is 1. The Morgan fingerprint density at radius 1 is 1.27 bits per heavy atom. The Hall–Kier alpha value is -3.64. The number of rotatable bonds is 6. The predicted molar refractivity (Wildman–Crippen MR) is 148 cm³/mol. The van der Waals surface area contributed by atoms with Gasteiger partial charge >= 0.3 is 0 Å². The Kier molecular flexibility index (Phi) is 8.27. The van der Waals surface area contributed by atoms with Crippen LogP contribution < -0.4 is 0 Å². The molecule has 0 spiro atoms. The highest BCUT2D eigenvalue weighted by atomic mass is 35.5. The third-order valence-electron chi connectivity index (χ3n) is 7.30. The lowest BCUT2D eigenvalue weighted by Crippen LogP contribution is -2.61. The second-order valence-electron chi connectivity index (χ2n) is 9.83. The number of halogens is 2. The standard InChI is InChI=1S/C20H21ClN6O.C8H10FNO2/c1-3-19(28)25-10-15(11-25)24-6-7-26-18(12-24)13(2)20(23-26)14-4-5-17-16(21)8-22-27(17)9-14;1-12-5-8(11)7-3-2-6(9)4-10-7/h3-5,8-9,15H,1,6-7,10-12H2,2H3;2-4,8,11H,5H2,1H3. The summed E-state index contributed by atoms with van der Waals surface area (Å²) in [6.45, 7) is 10.1. The van der Waals surface area contributed by atoms with Crippen LogP contribution in [0.3, 0.4) is 0 Å². The predicted octanol–water partition coefficient (Wildman–Crippen LogP) is 3.27. The van der Waals surface area contributed by atoms with E-state index < -0.39 is 11.9 Å². The van der Waals surface area contributed by atoms with E-state index in [0.717, 1.165) is 55.7 Å². The van der Waals surface area contributed by atoms with Crippen LogP contribution in [0.2, 0.25) is 5.02 Å². The number of aliphatic hydroxyl groups is 1. The minimum atomic E-state index is -0.782. The molecule has 2 aliphatic heterocycles. The summed E-state index contributed by atoms with van der Waals surface area (Å²) < 4.78 is 21.0. The quantitative estimate of drug-likeness (QED) is 0.357. The Morgan fingerprint density at radius 2 is 2.08 bits per heavy atom. The van der Waals surface area contributed by atoms with E-state index in [1.807, 2.05) is 23.2 Å². The van der Waals surface area contributed by atoms with Gasteiger partial charge in [-0.2, -0.15) is 10.2 Å². The molecule has 4 aromatic rings. The molecule has 4 aromatic heterocycles. The van der Waals surface area contributed by atoms with Gasteiger partial charge in [-0.3, -0.25) is 19.4 Å². The van der Waals surface area contributed by atoms with Crippen molar-refractivity contribution in [2.75, 3.05) is 33.4 Å². The van der Waals surface area contributed by atoms with Crippen LogP contribution in [0.5, 0.6) is 0 Å². The number of likely N-dealkylation sites (tertiary alicyclic amines) is 1. The highest BCUT2D eigenvalue weighted by Gasteiger charge is 2.36. The molecule has 2 aliphatic rings. The molecule has 6 heterocycles. The van der Waals surface area contributed by atoms with Crippen molar-refractivity contribution in [2.45, 2.75) is 32.2 Å². The van der Waals surface area contributed by atoms with Crippen LogP contribution in [0.4, 0.5) is 4.39 Å². The molecule has 0 radical (unpaired) electrons. The first kappa shape index (κ1) is 27.9. The van der Waals surface area contributed by atoms with E-state index in [1.165, 1.54) is 36.6 Å². The Bertz CT molecular complexity index is 1510. The van der Waals surface area contributed by atoms with E-state index in [1.54, 1.807) is 10.7 Å². The molecule has 1 atom stereocenters. The third-order valence-corrected chi connectivity index (χ3v) is 7.59. The minimum absolute atomic E-state index is 0.0193. The van der Waals surface area contributed by atoms with E-state index in [2.05, 4.69) is 33.2 Å². The van der Waals surface area contributed by atoms with Crippen LogP contribution in [0.1, 0.15) is 23.1 Å². The number of aliphatic hydroxyl groups excluding tert-OH is 1. The van der Waals surface area contributed by atoms with Gasteiger partial charge in [-0.1, -0.05) is 18.2 Å². The highest BCUT2D eigenvalue weighted by Crippen LogP contribution is 2.30. The topological polar surface area (TPSA) is 101 Å². The molecule has 12 heteroatoms. The number of hydrogen-bond acceptors (Lipinski definition) is 7. The van der Waals surface area contributed by atoms with Crippen molar-refractivity contribution in [3.63, 3.8) is 0 Å².